The smallest absolute Gasteiger partial charge is 0.308 e. The summed E-state index contributed by atoms with van der Waals surface area (Å²) >= 11 is 0. The van der Waals surface area contributed by atoms with Gasteiger partial charge in [-0.25, -0.2) is 0 Å². The average molecular weight is 138 g/mol. The van der Waals surface area contributed by atoms with Gasteiger partial charge in [0.15, 0.2) is 0 Å². The van der Waals surface area contributed by atoms with Crippen molar-refractivity contribution in [2.75, 3.05) is 0 Å². The Balaban J connectivity index is 3.90. The molecule has 0 bridgehead atoms. The van der Waals surface area contributed by atoms with Crippen LogP contribution >= 0.6 is 0 Å². The van der Waals surface area contributed by atoms with Gasteiger partial charge in [0.05, 0.1) is 18.1 Å². The topological polar surface area (TPSA) is 84.9 Å². The summed E-state index contributed by atoms with van der Waals surface area (Å²) in [6.07, 6.45) is -0.189. The van der Waals surface area contributed by atoms with E-state index < -0.39 is 11.9 Å². The highest BCUT2D eigenvalue weighted by atomic mass is 16.4. The van der Waals surface area contributed by atoms with Crippen molar-refractivity contribution in [2.24, 2.45) is 5.92 Å². The van der Waals surface area contributed by atoms with Gasteiger partial charge in [-0.1, -0.05) is 0 Å². The summed E-state index contributed by atoms with van der Waals surface area (Å²) in [5.41, 5.74) is 0. The minimum absolute atomic E-state index is 0.0944. The molecule has 0 aliphatic carbocycles. The molecule has 0 aromatic heterocycles. The summed E-state index contributed by atoms with van der Waals surface area (Å²) in [4.78, 5) is 10.2. The van der Waals surface area contributed by atoms with Gasteiger partial charge in [-0.2, -0.15) is 10.5 Å². The number of nitrogens with zero attached hydrogens (tertiary/aromatic N) is 2. The highest BCUT2D eigenvalue weighted by Crippen LogP contribution is 2.05. The molecule has 0 fully saturated rings. The molecule has 0 saturated heterocycles. The summed E-state index contributed by atoms with van der Waals surface area (Å²) in [7, 11) is 0. The van der Waals surface area contributed by atoms with E-state index in [1.165, 1.54) is 0 Å². The second-order valence-corrected chi connectivity index (χ2v) is 1.76. The summed E-state index contributed by atoms with van der Waals surface area (Å²) < 4.78 is 0. The van der Waals surface area contributed by atoms with Crippen LogP contribution in [0, 0.1) is 28.6 Å². The second kappa shape index (κ2) is 4.34. The van der Waals surface area contributed by atoms with Crippen molar-refractivity contribution in [1.82, 2.24) is 0 Å². The molecule has 0 aliphatic heterocycles. The molecule has 0 rings (SSSR count). The van der Waals surface area contributed by atoms with Crippen LogP contribution in [0.3, 0.4) is 0 Å². The molecule has 0 aromatic carbocycles. The van der Waals surface area contributed by atoms with Gasteiger partial charge >= 0.3 is 5.97 Å². The van der Waals surface area contributed by atoms with Crippen molar-refractivity contribution in [3.05, 3.63) is 0 Å². The fourth-order valence-corrected chi connectivity index (χ4v) is 0.467. The molecule has 10 heavy (non-hydrogen) atoms. The monoisotopic (exact) mass is 138 g/mol. The predicted octanol–water partition coefficient (Wildman–Crippen LogP) is 0.515. The molecule has 0 radical (unpaired) electrons. The third-order valence-electron chi connectivity index (χ3n) is 1.02. The number of hydrogen-bond donors (Lipinski definition) is 1. The Bertz CT molecular complexity index is 183. The van der Waals surface area contributed by atoms with Crippen molar-refractivity contribution < 1.29 is 9.90 Å². The van der Waals surface area contributed by atoms with Gasteiger partial charge in [0.25, 0.3) is 0 Å². The van der Waals surface area contributed by atoms with Gasteiger partial charge in [-0.15, -0.1) is 0 Å². The lowest BCUT2D eigenvalue weighted by molar-refractivity contribution is -0.141. The van der Waals surface area contributed by atoms with E-state index in [4.69, 9.17) is 15.6 Å². The maximum atomic E-state index is 10.2. The first-order chi connectivity index (χ1) is 4.72. The number of carbonyl (C=O) groups is 1. The number of carboxylic acids is 1. The summed E-state index contributed by atoms with van der Waals surface area (Å²) in [5.74, 6) is -1.90. The molecular formula is C6H6N2O2. The maximum absolute atomic E-state index is 10.2. The van der Waals surface area contributed by atoms with E-state index in [0.29, 0.717) is 0 Å². The molecule has 0 saturated carbocycles. The van der Waals surface area contributed by atoms with Crippen molar-refractivity contribution in [3.8, 4) is 12.1 Å². The Morgan fingerprint density at radius 3 is 2.00 bits per heavy atom. The van der Waals surface area contributed by atoms with Crippen molar-refractivity contribution in [1.29, 1.82) is 10.5 Å². The summed E-state index contributed by atoms with van der Waals surface area (Å²) in [6.45, 7) is 0. The largest absolute Gasteiger partial charge is 0.481 e. The van der Waals surface area contributed by atoms with E-state index in [0.717, 1.165) is 0 Å². The van der Waals surface area contributed by atoms with Crippen LogP contribution in [0.2, 0.25) is 0 Å². The molecule has 4 heteroatoms. The van der Waals surface area contributed by atoms with E-state index in [9.17, 15) is 4.79 Å². The number of nitriles is 2. The zero-order chi connectivity index (χ0) is 7.98. The summed E-state index contributed by atoms with van der Waals surface area (Å²) in [5, 5.41) is 24.5. The quantitative estimate of drug-likeness (QED) is 0.615. The fourth-order valence-electron chi connectivity index (χ4n) is 0.467. The SMILES string of the molecule is N#CCC(CC#N)C(=O)O. The van der Waals surface area contributed by atoms with Crippen LogP contribution in [0.5, 0.6) is 0 Å². The van der Waals surface area contributed by atoms with E-state index >= 15 is 0 Å². The van der Waals surface area contributed by atoms with Crippen LogP contribution in [-0.4, -0.2) is 11.1 Å². The Labute approximate surface area is 58.3 Å². The molecule has 0 aromatic rings. The minimum Gasteiger partial charge on any atom is -0.481 e. The normalized spacial score (nSPS) is 8.30. The number of aliphatic carboxylic acids is 1. The zero-order valence-corrected chi connectivity index (χ0v) is 5.24. The van der Waals surface area contributed by atoms with Crippen molar-refractivity contribution >= 4 is 5.97 Å². The van der Waals surface area contributed by atoms with E-state index in [1.54, 1.807) is 12.1 Å². The molecular weight excluding hydrogens is 132 g/mol. The lowest BCUT2D eigenvalue weighted by Crippen LogP contribution is -2.11. The third-order valence-corrected chi connectivity index (χ3v) is 1.02. The highest BCUT2D eigenvalue weighted by Gasteiger charge is 2.15. The number of hydrogen-bond acceptors (Lipinski definition) is 3. The van der Waals surface area contributed by atoms with Gasteiger partial charge in [-0.05, 0) is 0 Å². The van der Waals surface area contributed by atoms with Gasteiger partial charge in [0, 0.05) is 12.8 Å². The predicted molar refractivity (Wildman–Crippen MR) is 31.6 cm³/mol. The van der Waals surface area contributed by atoms with Crippen LogP contribution < -0.4 is 0 Å². The first-order valence-electron chi connectivity index (χ1n) is 2.69. The Morgan fingerprint density at radius 1 is 1.40 bits per heavy atom. The number of rotatable bonds is 3. The first-order valence-corrected chi connectivity index (χ1v) is 2.69. The molecule has 0 unspecified atom stereocenters. The van der Waals surface area contributed by atoms with Crippen LogP contribution in [0.4, 0.5) is 0 Å². The molecule has 0 heterocycles. The van der Waals surface area contributed by atoms with Crippen LogP contribution in [-0.2, 0) is 4.79 Å². The zero-order valence-electron chi connectivity index (χ0n) is 5.24. The fraction of sp³-hybridized carbons (Fsp3) is 0.500. The molecule has 0 amide bonds. The molecule has 1 N–H and O–H groups in total. The van der Waals surface area contributed by atoms with Crippen LogP contribution in [0.15, 0.2) is 0 Å². The summed E-state index contributed by atoms with van der Waals surface area (Å²) in [6, 6.07) is 3.40. The first kappa shape index (κ1) is 8.45. The van der Waals surface area contributed by atoms with Crippen LogP contribution in [0.1, 0.15) is 12.8 Å². The third kappa shape index (κ3) is 2.68. The second-order valence-electron chi connectivity index (χ2n) is 1.76. The molecule has 52 valence electrons. The van der Waals surface area contributed by atoms with Crippen molar-refractivity contribution in [2.45, 2.75) is 12.8 Å². The minimum atomic E-state index is -1.08. The number of carboxylic acid groups (broad SMARTS) is 1. The van der Waals surface area contributed by atoms with E-state index in [1.807, 2.05) is 0 Å². The van der Waals surface area contributed by atoms with Crippen molar-refractivity contribution in [3.63, 3.8) is 0 Å². The molecule has 0 aliphatic rings. The van der Waals surface area contributed by atoms with Gasteiger partial charge in [0.2, 0.25) is 0 Å². The lowest BCUT2D eigenvalue weighted by atomic mass is 10.0. The molecule has 4 nitrogen and oxygen atoms in total. The standard InChI is InChI=1S/C6H6N2O2/c7-3-1-5(2-4-8)6(9)10/h5H,1-2H2,(H,9,10). The van der Waals surface area contributed by atoms with Gasteiger partial charge in [-0.3, -0.25) is 4.79 Å². The lowest BCUT2D eigenvalue weighted by Gasteiger charge is -1.99. The van der Waals surface area contributed by atoms with E-state index in [-0.39, 0.29) is 12.8 Å². The highest BCUT2D eigenvalue weighted by molar-refractivity contribution is 5.70. The Morgan fingerprint density at radius 2 is 1.80 bits per heavy atom. The Kier molecular flexibility index (Phi) is 3.67. The van der Waals surface area contributed by atoms with Crippen LogP contribution in [0.25, 0.3) is 0 Å². The Hall–Kier alpha value is -1.55. The molecule has 0 spiro atoms. The van der Waals surface area contributed by atoms with Gasteiger partial charge < -0.3 is 5.11 Å². The van der Waals surface area contributed by atoms with Gasteiger partial charge in [0.1, 0.15) is 0 Å². The maximum Gasteiger partial charge on any atom is 0.308 e. The van der Waals surface area contributed by atoms with E-state index in [2.05, 4.69) is 0 Å². The molecule has 0 atom stereocenters. The average Bonchev–Trinajstić information content (AvgIpc) is 1.87.